The minimum atomic E-state index is 0.399. The van der Waals surface area contributed by atoms with Crippen molar-refractivity contribution in [3.05, 3.63) is 60.1 Å². The van der Waals surface area contributed by atoms with E-state index < -0.39 is 0 Å². The van der Waals surface area contributed by atoms with Crippen molar-refractivity contribution in [3.8, 4) is 0 Å². The summed E-state index contributed by atoms with van der Waals surface area (Å²) < 4.78 is 5.52. The minimum Gasteiger partial charge on any atom is -0.468 e. The Labute approximate surface area is 114 Å². The van der Waals surface area contributed by atoms with Gasteiger partial charge in [0.25, 0.3) is 0 Å². The average molecular weight is 255 g/mol. The first-order chi connectivity index (χ1) is 9.42. The summed E-state index contributed by atoms with van der Waals surface area (Å²) in [7, 11) is 0. The van der Waals surface area contributed by atoms with Crippen LogP contribution >= 0.6 is 0 Å². The Bertz CT molecular complexity index is 477. The average Bonchev–Trinajstić information content (AvgIpc) is 2.88. The largest absolute Gasteiger partial charge is 0.468 e. The maximum absolute atomic E-state index is 5.52. The third-order valence-electron chi connectivity index (χ3n) is 4.06. The highest BCUT2D eigenvalue weighted by molar-refractivity contribution is 5.15. The molecule has 1 aromatic carbocycles. The molecule has 2 heteroatoms. The molecule has 0 radical (unpaired) electrons. The van der Waals surface area contributed by atoms with Gasteiger partial charge in [0.1, 0.15) is 5.76 Å². The predicted molar refractivity (Wildman–Crippen MR) is 76.9 cm³/mol. The molecule has 1 saturated heterocycles. The van der Waals surface area contributed by atoms with Crippen molar-refractivity contribution in [1.82, 2.24) is 5.32 Å². The van der Waals surface area contributed by atoms with Crippen LogP contribution < -0.4 is 5.32 Å². The van der Waals surface area contributed by atoms with Gasteiger partial charge in [-0.2, -0.15) is 0 Å². The van der Waals surface area contributed by atoms with Gasteiger partial charge in [0.15, 0.2) is 0 Å². The van der Waals surface area contributed by atoms with E-state index in [0.717, 1.165) is 18.2 Å². The van der Waals surface area contributed by atoms with Gasteiger partial charge in [-0.1, -0.05) is 30.3 Å². The van der Waals surface area contributed by atoms with Gasteiger partial charge < -0.3 is 9.73 Å². The van der Waals surface area contributed by atoms with E-state index in [4.69, 9.17) is 4.42 Å². The van der Waals surface area contributed by atoms with Gasteiger partial charge in [-0.05, 0) is 55.8 Å². The smallest absolute Gasteiger partial charge is 0.120 e. The molecule has 1 aromatic heterocycles. The molecule has 0 spiro atoms. The summed E-state index contributed by atoms with van der Waals surface area (Å²) in [5.41, 5.74) is 1.46. The maximum Gasteiger partial charge on any atom is 0.120 e. The molecule has 2 aromatic rings. The lowest BCUT2D eigenvalue weighted by Gasteiger charge is -2.14. The van der Waals surface area contributed by atoms with Crippen LogP contribution in [0.5, 0.6) is 0 Å². The fraction of sp³-hybridized carbons (Fsp3) is 0.412. The monoisotopic (exact) mass is 255 g/mol. The van der Waals surface area contributed by atoms with Crippen molar-refractivity contribution in [2.75, 3.05) is 6.54 Å². The van der Waals surface area contributed by atoms with E-state index in [0.29, 0.717) is 6.04 Å². The normalized spacial score (nSPS) is 24.0. The molecule has 100 valence electrons. The van der Waals surface area contributed by atoms with Crippen LogP contribution in [0.2, 0.25) is 0 Å². The van der Waals surface area contributed by atoms with Crippen molar-refractivity contribution in [3.63, 3.8) is 0 Å². The minimum absolute atomic E-state index is 0.399. The number of benzene rings is 1. The zero-order valence-electron chi connectivity index (χ0n) is 11.2. The van der Waals surface area contributed by atoms with E-state index in [1.165, 1.54) is 31.2 Å². The summed E-state index contributed by atoms with van der Waals surface area (Å²) in [5, 5.41) is 3.61. The molecular formula is C17H21NO. The molecule has 3 rings (SSSR count). The summed E-state index contributed by atoms with van der Waals surface area (Å²) in [5.74, 6) is 1.87. The van der Waals surface area contributed by atoms with Crippen LogP contribution in [0.4, 0.5) is 0 Å². The lowest BCUT2D eigenvalue weighted by atomic mass is 9.92. The standard InChI is InChI=1S/C17H21NO/c1-2-5-14(6-3-1)13-15-8-9-16(18-11-10-15)17-7-4-12-19-17/h1-7,12,15-16,18H,8-11,13H2/t15-,16-/m0/s1. The summed E-state index contributed by atoms with van der Waals surface area (Å²) in [6, 6.07) is 15.3. The first-order valence-corrected chi connectivity index (χ1v) is 7.22. The van der Waals surface area contributed by atoms with E-state index in [-0.39, 0.29) is 0 Å². The first-order valence-electron chi connectivity index (χ1n) is 7.22. The Morgan fingerprint density at radius 3 is 2.68 bits per heavy atom. The molecular weight excluding hydrogens is 234 g/mol. The molecule has 0 aliphatic carbocycles. The zero-order chi connectivity index (χ0) is 12.9. The maximum atomic E-state index is 5.52. The van der Waals surface area contributed by atoms with Crippen molar-refractivity contribution in [1.29, 1.82) is 0 Å². The lowest BCUT2D eigenvalue weighted by molar-refractivity contribution is 0.402. The van der Waals surface area contributed by atoms with E-state index in [9.17, 15) is 0 Å². The highest BCUT2D eigenvalue weighted by Gasteiger charge is 2.21. The second kappa shape index (κ2) is 6.07. The summed E-state index contributed by atoms with van der Waals surface area (Å²) in [6.45, 7) is 1.09. The zero-order valence-corrected chi connectivity index (χ0v) is 11.2. The van der Waals surface area contributed by atoms with E-state index in [2.05, 4.69) is 41.7 Å². The van der Waals surface area contributed by atoms with Crippen molar-refractivity contribution >= 4 is 0 Å². The molecule has 2 atom stereocenters. The SMILES string of the molecule is c1ccc(C[C@@H]2CCN[C@H](c3ccco3)CC2)cc1. The number of rotatable bonds is 3. The van der Waals surface area contributed by atoms with Gasteiger partial charge >= 0.3 is 0 Å². The summed E-state index contributed by atoms with van der Waals surface area (Å²) >= 11 is 0. The van der Waals surface area contributed by atoms with E-state index >= 15 is 0 Å². The van der Waals surface area contributed by atoms with Gasteiger partial charge in [-0.25, -0.2) is 0 Å². The van der Waals surface area contributed by atoms with Crippen LogP contribution in [-0.2, 0) is 6.42 Å². The van der Waals surface area contributed by atoms with Crippen LogP contribution in [0.25, 0.3) is 0 Å². The van der Waals surface area contributed by atoms with Crippen LogP contribution in [0.1, 0.15) is 36.6 Å². The molecule has 0 saturated carbocycles. The highest BCUT2D eigenvalue weighted by Crippen LogP contribution is 2.27. The molecule has 0 unspecified atom stereocenters. The van der Waals surface area contributed by atoms with Crippen molar-refractivity contribution in [2.45, 2.75) is 31.7 Å². The Kier molecular flexibility index (Phi) is 3.99. The topological polar surface area (TPSA) is 25.2 Å². The van der Waals surface area contributed by atoms with Crippen LogP contribution in [0.3, 0.4) is 0 Å². The molecule has 1 N–H and O–H groups in total. The summed E-state index contributed by atoms with van der Waals surface area (Å²) in [6.07, 6.45) is 6.67. The first kappa shape index (κ1) is 12.5. The number of hydrogen-bond acceptors (Lipinski definition) is 2. The van der Waals surface area contributed by atoms with Crippen LogP contribution in [-0.4, -0.2) is 6.54 Å². The fourth-order valence-corrected chi connectivity index (χ4v) is 2.99. The summed E-state index contributed by atoms with van der Waals surface area (Å²) in [4.78, 5) is 0. The third kappa shape index (κ3) is 3.27. The lowest BCUT2D eigenvalue weighted by Crippen LogP contribution is -2.19. The Morgan fingerprint density at radius 1 is 1.00 bits per heavy atom. The molecule has 19 heavy (non-hydrogen) atoms. The quantitative estimate of drug-likeness (QED) is 0.898. The van der Waals surface area contributed by atoms with Gasteiger partial charge in [-0.3, -0.25) is 0 Å². The molecule has 2 heterocycles. The fourth-order valence-electron chi connectivity index (χ4n) is 2.99. The van der Waals surface area contributed by atoms with Gasteiger partial charge in [0.05, 0.1) is 12.3 Å². The third-order valence-corrected chi connectivity index (χ3v) is 4.06. The molecule has 0 bridgehead atoms. The van der Waals surface area contributed by atoms with Gasteiger partial charge in [0.2, 0.25) is 0 Å². The molecule has 1 aliphatic rings. The predicted octanol–water partition coefficient (Wildman–Crippen LogP) is 3.95. The number of hydrogen-bond donors (Lipinski definition) is 1. The van der Waals surface area contributed by atoms with Crippen LogP contribution in [0, 0.1) is 5.92 Å². The molecule has 2 nitrogen and oxygen atoms in total. The van der Waals surface area contributed by atoms with Gasteiger partial charge in [0, 0.05) is 0 Å². The second-order valence-electron chi connectivity index (χ2n) is 5.44. The van der Waals surface area contributed by atoms with E-state index in [1.807, 2.05) is 6.07 Å². The Balaban J connectivity index is 1.59. The molecule has 1 fully saturated rings. The number of nitrogens with one attached hydrogen (secondary N) is 1. The molecule has 0 amide bonds. The van der Waals surface area contributed by atoms with Gasteiger partial charge in [-0.15, -0.1) is 0 Å². The number of furan rings is 1. The van der Waals surface area contributed by atoms with Crippen molar-refractivity contribution < 1.29 is 4.42 Å². The Morgan fingerprint density at radius 2 is 1.89 bits per heavy atom. The molecule has 1 aliphatic heterocycles. The second-order valence-corrected chi connectivity index (χ2v) is 5.44. The highest BCUT2D eigenvalue weighted by atomic mass is 16.3. The van der Waals surface area contributed by atoms with E-state index in [1.54, 1.807) is 6.26 Å². The van der Waals surface area contributed by atoms with Crippen LogP contribution in [0.15, 0.2) is 53.1 Å². The Hall–Kier alpha value is -1.54. The van der Waals surface area contributed by atoms with Crippen molar-refractivity contribution in [2.24, 2.45) is 5.92 Å².